The Morgan fingerprint density at radius 3 is 2.38 bits per heavy atom. The molecule has 10 heteroatoms. The Hall–Kier alpha value is -1.52. The van der Waals surface area contributed by atoms with E-state index in [-0.39, 0.29) is 11.3 Å². The van der Waals surface area contributed by atoms with Crippen molar-refractivity contribution in [2.24, 2.45) is 5.73 Å². The molecule has 0 aromatic heterocycles. The molecule has 0 fully saturated rings. The number of nitrogens with two attached hydrogens (primary N) is 1. The molecule has 1 amide bonds. The third kappa shape index (κ3) is 4.76. The van der Waals surface area contributed by atoms with Crippen molar-refractivity contribution in [1.82, 2.24) is 4.72 Å². The fourth-order valence-corrected chi connectivity index (χ4v) is 3.66. The lowest BCUT2D eigenvalue weighted by molar-refractivity contribution is -0.118. The van der Waals surface area contributed by atoms with Gasteiger partial charge in [0.05, 0.1) is 4.90 Å². The van der Waals surface area contributed by atoms with Crippen molar-refractivity contribution in [2.75, 3.05) is 6.26 Å². The van der Waals surface area contributed by atoms with Crippen molar-refractivity contribution in [3.63, 3.8) is 0 Å². The molecule has 1 rings (SSSR count). The molecule has 0 heterocycles. The van der Waals surface area contributed by atoms with Crippen LogP contribution in [-0.2, 0) is 24.7 Å². The number of carbonyl (C=O) groups excluding carboxylic acids is 1. The van der Waals surface area contributed by atoms with Crippen LogP contribution in [0.25, 0.3) is 0 Å². The molecule has 0 saturated heterocycles. The molecule has 3 N–H and O–H groups in total. The van der Waals surface area contributed by atoms with Gasteiger partial charge in [-0.15, -0.1) is 0 Å². The Morgan fingerprint density at radius 2 is 1.90 bits per heavy atom. The first kappa shape index (κ1) is 17.5. The SMILES string of the molecule is CC(CC(N)=O)NS(=O)(=O)c1cc(S(C)(=O)=O)ccc1F. The summed E-state index contributed by atoms with van der Waals surface area (Å²) < 4.78 is 62.6. The van der Waals surface area contributed by atoms with Gasteiger partial charge in [0.25, 0.3) is 0 Å². The van der Waals surface area contributed by atoms with Crippen molar-refractivity contribution in [1.29, 1.82) is 0 Å². The monoisotopic (exact) mass is 338 g/mol. The molecule has 0 aliphatic heterocycles. The fourth-order valence-electron chi connectivity index (χ4n) is 1.59. The summed E-state index contributed by atoms with van der Waals surface area (Å²) in [5, 5.41) is 0. The minimum absolute atomic E-state index is 0.271. The highest BCUT2D eigenvalue weighted by Gasteiger charge is 2.24. The van der Waals surface area contributed by atoms with E-state index in [1.807, 2.05) is 0 Å². The Bertz CT molecular complexity index is 759. The quantitative estimate of drug-likeness (QED) is 0.694. The normalized spacial score (nSPS) is 13.9. The summed E-state index contributed by atoms with van der Waals surface area (Å²) in [5.41, 5.74) is 4.93. The molecule has 0 radical (unpaired) electrons. The third-order valence-electron chi connectivity index (χ3n) is 2.48. The number of primary amides is 1. The zero-order valence-corrected chi connectivity index (χ0v) is 13.0. The Kier molecular flexibility index (Phi) is 5.07. The lowest BCUT2D eigenvalue weighted by Gasteiger charge is -2.13. The van der Waals surface area contributed by atoms with Crippen molar-refractivity contribution >= 4 is 25.8 Å². The van der Waals surface area contributed by atoms with Crippen molar-refractivity contribution in [3.05, 3.63) is 24.0 Å². The van der Waals surface area contributed by atoms with Crippen LogP contribution in [0, 0.1) is 5.82 Å². The predicted molar refractivity (Wildman–Crippen MR) is 73.1 cm³/mol. The van der Waals surface area contributed by atoms with E-state index in [1.54, 1.807) is 0 Å². The maximum atomic E-state index is 13.7. The second-order valence-electron chi connectivity index (χ2n) is 4.56. The van der Waals surface area contributed by atoms with Crippen LogP contribution < -0.4 is 10.5 Å². The number of sulfonamides is 1. The van der Waals surface area contributed by atoms with E-state index in [2.05, 4.69) is 4.72 Å². The summed E-state index contributed by atoms with van der Waals surface area (Å²) in [6.45, 7) is 1.38. The molecule has 1 aromatic carbocycles. The predicted octanol–water partition coefficient (Wildman–Crippen LogP) is -0.229. The smallest absolute Gasteiger partial charge is 0.243 e. The average Bonchev–Trinajstić information content (AvgIpc) is 2.25. The number of sulfone groups is 1. The van der Waals surface area contributed by atoms with E-state index in [4.69, 9.17) is 5.73 Å². The Morgan fingerprint density at radius 1 is 1.33 bits per heavy atom. The maximum Gasteiger partial charge on any atom is 0.243 e. The number of nitrogens with one attached hydrogen (secondary N) is 1. The summed E-state index contributed by atoms with van der Waals surface area (Å²) in [7, 11) is -8.00. The van der Waals surface area contributed by atoms with Gasteiger partial charge in [-0.1, -0.05) is 0 Å². The second-order valence-corrected chi connectivity index (χ2v) is 8.26. The molecule has 0 bridgehead atoms. The van der Waals surface area contributed by atoms with Crippen LogP contribution in [0.4, 0.5) is 4.39 Å². The van der Waals surface area contributed by atoms with Crippen LogP contribution in [0.3, 0.4) is 0 Å². The molecule has 1 aromatic rings. The molecule has 1 unspecified atom stereocenters. The van der Waals surface area contributed by atoms with Crippen LogP contribution in [0.5, 0.6) is 0 Å². The lowest BCUT2D eigenvalue weighted by atomic mass is 10.2. The van der Waals surface area contributed by atoms with E-state index in [1.165, 1.54) is 6.92 Å². The molecule has 0 spiro atoms. The van der Waals surface area contributed by atoms with E-state index in [0.717, 1.165) is 24.5 Å². The average molecular weight is 338 g/mol. The molecule has 0 aliphatic rings. The first-order chi connectivity index (χ1) is 9.43. The molecule has 0 saturated carbocycles. The van der Waals surface area contributed by atoms with Gasteiger partial charge in [-0.3, -0.25) is 4.79 Å². The molecular weight excluding hydrogens is 323 g/mol. The van der Waals surface area contributed by atoms with Gasteiger partial charge < -0.3 is 5.73 Å². The van der Waals surface area contributed by atoms with E-state index in [9.17, 15) is 26.0 Å². The highest BCUT2D eigenvalue weighted by molar-refractivity contribution is 7.91. The van der Waals surface area contributed by atoms with Gasteiger partial charge >= 0.3 is 0 Å². The Labute approximate surface area is 122 Å². The van der Waals surface area contributed by atoms with E-state index in [0.29, 0.717) is 0 Å². The minimum atomic E-state index is -4.32. The zero-order chi connectivity index (χ0) is 16.4. The molecule has 1 atom stereocenters. The number of benzene rings is 1. The zero-order valence-electron chi connectivity index (χ0n) is 11.3. The first-order valence-electron chi connectivity index (χ1n) is 5.73. The van der Waals surface area contributed by atoms with Crippen molar-refractivity contribution < 1.29 is 26.0 Å². The topological polar surface area (TPSA) is 123 Å². The highest BCUT2D eigenvalue weighted by atomic mass is 32.2. The van der Waals surface area contributed by atoms with Gasteiger partial charge in [0.15, 0.2) is 9.84 Å². The van der Waals surface area contributed by atoms with Gasteiger partial charge in [-0.2, -0.15) is 0 Å². The van der Waals surface area contributed by atoms with Crippen molar-refractivity contribution in [2.45, 2.75) is 29.2 Å². The van der Waals surface area contributed by atoms with Crippen molar-refractivity contribution in [3.8, 4) is 0 Å². The van der Waals surface area contributed by atoms with Gasteiger partial charge in [0.1, 0.15) is 10.7 Å². The summed E-state index contributed by atoms with van der Waals surface area (Å²) in [6, 6.07) is 1.60. The standard InChI is InChI=1S/C11H15FN2O5S2/c1-7(5-11(13)15)14-21(18,19)10-6-8(20(2,16)17)3-4-9(10)12/h3-4,6-7,14H,5H2,1-2H3,(H2,13,15). The third-order valence-corrected chi connectivity index (χ3v) is 5.20. The van der Waals surface area contributed by atoms with Crippen LogP contribution in [0.15, 0.2) is 28.0 Å². The molecule has 21 heavy (non-hydrogen) atoms. The van der Waals surface area contributed by atoms with Gasteiger partial charge in [0.2, 0.25) is 15.9 Å². The number of carbonyl (C=O) groups is 1. The van der Waals surface area contributed by atoms with E-state index >= 15 is 0 Å². The molecule has 0 aliphatic carbocycles. The van der Waals surface area contributed by atoms with Crippen LogP contribution >= 0.6 is 0 Å². The second kappa shape index (κ2) is 6.08. The summed E-state index contributed by atoms with van der Waals surface area (Å²) in [6.07, 6.45) is 0.604. The lowest BCUT2D eigenvalue weighted by Crippen LogP contribution is -2.36. The largest absolute Gasteiger partial charge is 0.370 e. The summed E-state index contributed by atoms with van der Waals surface area (Å²) >= 11 is 0. The Balaban J connectivity index is 3.22. The minimum Gasteiger partial charge on any atom is -0.370 e. The summed E-state index contributed by atoms with van der Waals surface area (Å²) in [4.78, 5) is 9.59. The van der Waals surface area contributed by atoms with Crippen LogP contribution in [0.2, 0.25) is 0 Å². The van der Waals surface area contributed by atoms with Crippen LogP contribution in [0.1, 0.15) is 13.3 Å². The van der Waals surface area contributed by atoms with E-state index < -0.39 is 42.5 Å². The first-order valence-corrected chi connectivity index (χ1v) is 9.11. The number of amides is 1. The maximum absolute atomic E-state index is 13.7. The summed E-state index contributed by atoms with van der Waals surface area (Å²) in [5.74, 6) is -1.82. The van der Waals surface area contributed by atoms with Gasteiger partial charge in [0, 0.05) is 18.7 Å². The number of hydrogen-bond donors (Lipinski definition) is 2. The molecular formula is C11H15FN2O5S2. The number of hydrogen-bond acceptors (Lipinski definition) is 5. The molecule has 118 valence electrons. The van der Waals surface area contributed by atoms with Gasteiger partial charge in [-0.05, 0) is 25.1 Å². The van der Waals surface area contributed by atoms with Gasteiger partial charge in [-0.25, -0.2) is 25.9 Å². The van der Waals surface area contributed by atoms with Crippen LogP contribution in [-0.4, -0.2) is 35.0 Å². The number of halogens is 1. The molecule has 7 nitrogen and oxygen atoms in total. The fraction of sp³-hybridized carbons (Fsp3) is 0.364. The highest BCUT2D eigenvalue weighted by Crippen LogP contribution is 2.20. The number of rotatable bonds is 6.